The Morgan fingerprint density at radius 2 is 1.59 bits per heavy atom. The predicted octanol–water partition coefficient (Wildman–Crippen LogP) is -0.209. The Bertz CT molecular complexity index is 1180. The summed E-state index contributed by atoms with van der Waals surface area (Å²) in [6.07, 6.45) is 1.21. The molecular formula is C19H11NO7S2-2. The molecule has 0 heterocycles. The zero-order valence-corrected chi connectivity index (χ0v) is 16.2. The number of benzene rings is 2. The minimum Gasteiger partial charge on any atom is -0.549 e. The summed E-state index contributed by atoms with van der Waals surface area (Å²) in [7, 11) is -4.24. The molecule has 0 saturated heterocycles. The number of hydrogen-bond acceptors (Lipinski definition) is 8. The van der Waals surface area contributed by atoms with Crippen molar-refractivity contribution in [2.75, 3.05) is 5.75 Å². The maximum Gasteiger partial charge on any atom is 0.282 e. The molecule has 1 aliphatic rings. The second-order valence-corrected chi connectivity index (χ2v) is 8.43. The Kier molecular flexibility index (Phi) is 5.66. The van der Waals surface area contributed by atoms with Gasteiger partial charge in [-0.15, -0.1) is 11.8 Å². The number of hydrogen-bond donors (Lipinski definition) is 0. The third-order valence-electron chi connectivity index (χ3n) is 3.89. The molecule has 1 aliphatic carbocycles. The fraction of sp³-hybridized carbons (Fsp3) is 0.0526. The second-order valence-electron chi connectivity index (χ2n) is 5.81. The van der Waals surface area contributed by atoms with Gasteiger partial charge in [-0.1, -0.05) is 36.4 Å². The van der Waals surface area contributed by atoms with Gasteiger partial charge in [-0.3, -0.25) is 4.79 Å². The fourth-order valence-electron chi connectivity index (χ4n) is 2.57. The number of fused-ring (bicyclic) bond motifs is 1. The van der Waals surface area contributed by atoms with Gasteiger partial charge in [-0.05, 0) is 23.8 Å². The van der Waals surface area contributed by atoms with E-state index >= 15 is 0 Å². The van der Waals surface area contributed by atoms with E-state index in [1.807, 2.05) is 0 Å². The summed E-state index contributed by atoms with van der Waals surface area (Å²) in [4.78, 5) is 33.9. The van der Waals surface area contributed by atoms with E-state index < -0.39 is 33.5 Å². The Labute approximate surface area is 169 Å². The molecule has 0 aliphatic heterocycles. The Hall–Kier alpha value is -3.24. The minimum absolute atomic E-state index is 0.0224. The summed E-state index contributed by atoms with van der Waals surface area (Å²) in [5, 5.41) is 21.5. The number of Topliss-reactive ketones (excluding diaryl/α,β-unsaturated/α-hetero) is 1. The van der Waals surface area contributed by atoms with Crippen LogP contribution in [0.25, 0.3) is 0 Å². The molecule has 0 N–H and O–H groups in total. The number of sulfonamides is 1. The smallest absolute Gasteiger partial charge is 0.282 e. The molecule has 0 fully saturated rings. The summed E-state index contributed by atoms with van der Waals surface area (Å²) in [5.74, 6) is -3.74. The number of rotatable bonds is 6. The normalized spacial score (nSPS) is 15.0. The van der Waals surface area contributed by atoms with E-state index in [4.69, 9.17) is 0 Å². The van der Waals surface area contributed by atoms with Crippen LogP contribution in [0.15, 0.2) is 68.8 Å². The fourth-order valence-corrected chi connectivity index (χ4v) is 4.27. The second kappa shape index (κ2) is 8.02. The quantitative estimate of drug-likeness (QED) is 0.614. The van der Waals surface area contributed by atoms with Gasteiger partial charge < -0.3 is 19.8 Å². The van der Waals surface area contributed by atoms with Crippen molar-refractivity contribution in [1.82, 2.24) is 0 Å². The first kappa shape index (κ1) is 20.5. The third kappa shape index (κ3) is 4.44. The standard InChI is InChI=1S/C19H13NO7S2/c21-17(22)10-28-16-9-15(13-3-1-2-4-14(13)18(16)23)20-29(26,27)12-7-5-11(6-8-12)19(24)25/h1-9H,10H2,(H,21,22)(H,24,25)/p-2. The van der Waals surface area contributed by atoms with Crippen LogP contribution in [0.1, 0.15) is 26.3 Å². The predicted molar refractivity (Wildman–Crippen MR) is 101 cm³/mol. The van der Waals surface area contributed by atoms with Crippen molar-refractivity contribution in [3.63, 3.8) is 0 Å². The topological polar surface area (TPSA) is 144 Å². The number of allylic oxidation sites excluding steroid dienone is 2. The average Bonchev–Trinajstić information content (AvgIpc) is 2.69. The maximum absolute atomic E-state index is 12.7. The number of aliphatic carboxylic acids is 1. The van der Waals surface area contributed by atoms with Crippen LogP contribution in [0.5, 0.6) is 0 Å². The highest BCUT2D eigenvalue weighted by Crippen LogP contribution is 2.29. The number of carbonyl (C=O) groups excluding carboxylic acids is 3. The molecule has 2 aromatic carbocycles. The summed E-state index contributed by atoms with van der Waals surface area (Å²) in [6.45, 7) is 0. The van der Waals surface area contributed by atoms with Gasteiger partial charge >= 0.3 is 0 Å². The highest BCUT2D eigenvalue weighted by atomic mass is 32.2. The molecular weight excluding hydrogens is 418 g/mol. The van der Waals surface area contributed by atoms with E-state index in [0.29, 0.717) is 11.8 Å². The lowest BCUT2D eigenvalue weighted by Crippen LogP contribution is -2.25. The molecule has 8 nitrogen and oxygen atoms in total. The number of nitrogens with zero attached hydrogens (tertiary/aromatic N) is 1. The van der Waals surface area contributed by atoms with Gasteiger partial charge in [0.2, 0.25) is 0 Å². The van der Waals surface area contributed by atoms with Gasteiger partial charge in [0, 0.05) is 16.9 Å². The average molecular weight is 429 g/mol. The van der Waals surface area contributed by atoms with Crippen LogP contribution in [0.2, 0.25) is 0 Å². The lowest BCUT2D eigenvalue weighted by atomic mass is 9.94. The molecule has 29 heavy (non-hydrogen) atoms. The molecule has 0 amide bonds. The number of carboxylic acids is 2. The molecule has 3 rings (SSSR count). The number of carboxylic acid groups (broad SMARTS) is 2. The van der Waals surface area contributed by atoms with E-state index in [1.165, 1.54) is 18.2 Å². The molecule has 0 atom stereocenters. The van der Waals surface area contributed by atoms with Gasteiger partial charge in [0.05, 0.1) is 27.5 Å². The first-order valence-corrected chi connectivity index (χ1v) is 10.5. The van der Waals surface area contributed by atoms with Crippen LogP contribution in [-0.2, 0) is 14.8 Å². The third-order valence-corrected chi connectivity index (χ3v) is 6.19. The number of ketones is 1. The molecule has 10 heteroatoms. The van der Waals surface area contributed by atoms with Crippen LogP contribution in [0.4, 0.5) is 0 Å². The van der Waals surface area contributed by atoms with Crippen molar-refractivity contribution in [2.24, 2.45) is 4.40 Å². The van der Waals surface area contributed by atoms with Gasteiger partial charge in [0.1, 0.15) is 0 Å². The molecule has 0 saturated carbocycles. The van der Waals surface area contributed by atoms with Crippen molar-refractivity contribution in [1.29, 1.82) is 0 Å². The van der Waals surface area contributed by atoms with Crippen LogP contribution in [0, 0.1) is 0 Å². The van der Waals surface area contributed by atoms with E-state index in [9.17, 15) is 33.0 Å². The summed E-state index contributed by atoms with van der Waals surface area (Å²) >= 11 is 0.710. The summed E-state index contributed by atoms with van der Waals surface area (Å²) in [6, 6.07) is 10.5. The molecule has 0 spiro atoms. The molecule has 0 unspecified atom stereocenters. The van der Waals surface area contributed by atoms with E-state index in [2.05, 4.69) is 4.40 Å². The lowest BCUT2D eigenvalue weighted by molar-refractivity contribution is -0.301. The largest absolute Gasteiger partial charge is 0.549 e. The summed E-state index contributed by atoms with van der Waals surface area (Å²) in [5.41, 5.74) is 0.249. The van der Waals surface area contributed by atoms with E-state index in [0.717, 1.165) is 24.3 Å². The molecule has 2 aromatic rings. The van der Waals surface area contributed by atoms with Crippen LogP contribution < -0.4 is 10.2 Å². The zero-order chi connectivity index (χ0) is 21.2. The van der Waals surface area contributed by atoms with Crippen molar-refractivity contribution >= 4 is 45.2 Å². The van der Waals surface area contributed by atoms with Gasteiger partial charge in [0.25, 0.3) is 10.0 Å². The van der Waals surface area contributed by atoms with Crippen LogP contribution in [-0.4, -0.2) is 37.6 Å². The monoisotopic (exact) mass is 429 g/mol. The zero-order valence-electron chi connectivity index (χ0n) is 14.5. The lowest BCUT2D eigenvalue weighted by Gasteiger charge is -2.17. The summed E-state index contributed by atoms with van der Waals surface area (Å²) < 4.78 is 29.1. The van der Waals surface area contributed by atoms with E-state index in [-0.39, 0.29) is 32.2 Å². The number of carbonyl (C=O) groups is 3. The Balaban J connectivity index is 2.07. The van der Waals surface area contributed by atoms with Gasteiger partial charge in [-0.25, -0.2) is 0 Å². The highest BCUT2D eigenvalue weighted by molar-refractivity contribution is 8.04. The number of aromatic carboxylic acids is 1. The van der Waals surface area contributed by atoms with Crippen molar-refractivity contribution < 1.29 is 33.0 Å². The molecule has 0 radical (unpaired) electrons. The van der Waals surface area contributed by atoms with E-state index in [1.54, 1.807) is 12.1 Å². The van der Waals surface area contributed by atoms with Crippen molar-refractivity contribution in [3.05, 3.63) is 76.2 Å². The Morgan fingerprint density at radius 1 is 0.966 bits per heavy atom. The van der Waals surface area contributed by atoms with Gasteiger partial charge in [-0.2, -0.15) is 12.8 Å². The minimum atomic E-state index is -4.24. The van der Waals surface area contributed by atoms with Crippen molar-refractivity contribution in [3.8, 4) is 0 Å². The van der Waals surface area contributed by atoms with Gasteiger partial charge in [0.15, 0.2) is 5.78 Å². The molecule has 0 bridgehead atoms. The maximum atomic E-state index is 12.7. The Morgan fingerprint density at radius 3 is 2.17 bits per heavy atom. The van der Waals surface area contributed by atoms with Crippen LogP contribution >= 0.6 is 11.8 Å². The first-order valence-electron chi connectivity index (χ1n) is 8.04. The van der Waals surface area contributed by atoms with Crippen molar-refractivity contribution in [2.45, 2.75) is 4.90 Å². The molecule has 0 aromatic heterocycles. The SMILES string of the molecule is O=C([O-])CSC1=CC(=NS(=O)(=O)c2ccc(C(=O)[O-])cc2)c2ccccc2C1=O. The molecule has 148 valence electrons. The number of thioether (sulfide) groups is 1. The highest BCUT2D eigenvalue weighted by Gasteiger charge is 2.26. The first-order chi connectivity index (χ1) is 13.7. The van der Waals surface area contributed by atoms with Crippen LogP contribution in [0.3, 0.4) is 0 Å².